The summed E-state index contributed by atoms with van der Waals surface area (Å²) in [5.41, 5.74) is -0.479. The maximum absolute atomic E-state index is 12.8. The first-order valence-electron chi connectivity index (χ1n) is 21.0. The predicted molar refractivity (Wildman–Crippen MR) is 230 cm³/mol. The molecule has 9 nitrogen and oxygen atoms in total. The summed E-state index contributed by atoms with van der Waals surface area (Å²) in [5.74, 6) is -50.2. The molecule has 0 aliphatic rings. The normalized spacial score (nSPS) is 14.0. The molecule has 0 aliphatic heterocycles. The zero-order chi connectivity index (χ0) is 62.3. The number of rotatable bonds is 13. The van der Waals surface area contributed by atoms with Crippen LogP contribution in [0.1, 0.15) is 78.2 Å². The second-order valence-corrected chi connectivity index (χ2v) is 19.5. The topological polar surface area (TPSA) is 144 Å². The molecule has 31 heteroatoms. The first-order valence-corrected chi connectivity index (χ1v) is 21.0. The minimum Gasteiger partial charge on any atom is -0.871 e. The largest absolute Gasteiger partial charge is 3.00 e. The Kier molecular flexibility index (Phi) is 26.7. The van der Waals surface area contributed by atoms with Crippen molar-refractivity contribution in [1.82, 2.24) is 0 Å². The number of hydrogen-bond donors (Lipinski definition) is 0. The maximum Gasteiger partial charge on any atom is 3.00 e. The molecule has 2 aromatic rings. The van der Waals surface area contributed by atoms with Crippen molar-refractivity contribution in [3.63, 3.8) is 0 Å². The molecule has 0 bridgehead atoms. The van der Waals surface area contributed by atoms with Crippen LogP contribution >= 0.6 is 0 Å². The molecule has 0 heterocycles. The van der Waals surface area contributed by atoms with Crippen LogP contribution in [0, 0.1) is 65.6 Å². The minimum atomic E-state index is -6.61. The smallest absolute Gasteiger partial charge is 0.871 e. The molecule has 2 aromatic carbocycles. The van der Waals surface area contributed by atoms with Gasteiger partial charge in [0.1, 0.15) is 0 Å². The number of hydrogen-bond acceptors (Lipinski definition) is 9. The summed E-state index contributed by atoms with van der Waals surface area (Å²) in [4.78, 5) is 49.9. The van der Waals surface area contributed by atoms with Gasteiger partial charge in [0.2, 0.25) is 0 Å². The molecular weight excluding hydrogens is 1260 g/mol. The van der Waals surface area contributed by atoms with E-state index in [1.165, 1.54) is 62.3 Å². The molecule has 0 unspecified atom stereocenters. The Morgan fingerprint density at radius 1 is 0.359 bits per heavy atom. The molecule has 0 radical (unpaired) electrons. The number of carbonyl (C=O) groups is 4. The summed E-state index contributed by atoms with van der Waals surface area (Å²) in [6, 6.07) is 15.3. The molecule has 0 saturated heterocycles. The zero-order valence-corrected chi connectivity index (χ0v) is 45.3. The number of ketones is 4. The van der Waals surface area contributed by atoms with Crippen molar-refractivity contribution in [2.45, 2.75) is 116 Å². The van der Waals surface area contributed by atoms with Gasteiger partial charge in [-0.2, -0.15) is 92.2 Å². The van der Waals surface area contributed by atoms with E-state index < -0.39 is 123 Å². The van der Waals surface area contributed by atoms with E-state index >= 15 is 0 Å². The van der Waals surface area contributed by atoms with E-state index in [0.717, 1.165) is 11.4 Å². The second kappa shape index (κ2) is 26.8. The van der Waals surface area contributed by atoms with Crippen LogP contribution in [0.2, 0.25) is 0 Å². The first kappa shape index (κ1) is 77.7. The van der Waals surface area contributed by atoms with E-state index in [1.54, 1.807) is 0 Å². The molecule has 444 valence electrons. The molecule has 78 heavy (non-hydrogen) atoms. The maximum atomic E-state index is 12.8. The van der Waals surface area contributed by atoms with Gasteiger partial charge in [-0.3, -0.25) is 19.2 Å². The van der Waals surface area contributed by atoms with Gasteiger partial charge in [-0.1, -0.05) is 79.6 Å². The van der Waals surface area contributed by atoms with Gasteiger partial charge in [-0.05, 0) is 66.8 Å². The van der Waals surface area contributed by atoms with Crippen LogP contribution < -0.4 is 25.1 Å². The van der Waals surface area contributed by atoms with Crippen LogP contribution in [0.25, 0.3) is 0 Å². The summed E-state index contributed by atoms with van der Waals surface area (Å²) in [7, 11) is 7.93. The quantitative estimate of drug-likeness (QED) is 0.0828. The van der Waals surface area contributed by atoms with Crippen LogP contribution in [-0.4, -0.2) is 105 Å². The molecular formula is C47H50EuF21N2O7. The monoisotopic (exact) mass is 1310 g/mol. The summed E-state index contributed by atoms with van der Waals surface area (Å²) in [5, 5.41) is 32.4. The Bertz CT molecular complexity index is 2210. The predicted octanol–water partition coefficient (Wildman–Crippen LogP) is 11.1. The van der Waals surface area contributed by atoms with Crippen LogP contribution in [0.5, 0.6) is 0 Å². The van der Waals surface area contributed by atoms with Gasteiger partial charge in [-0.15, -0.1) is 0 Å². The van der Waals surface area contributed by atoms with E-state index in [2.05, 4.69) is 0 Å². The van der Waals surface area contributed by atoms with Gasteiger partial charge < -0.3 is 25.1 Å². The van der Waals surface area contributed by atoms with Crippen molar-refractivity contribution < 1.29 is 176 Å². The van der Waals surface area contributed by atoms with Crippen molar-refractivity contribution in [3.05, 3.63) is 95.2 Å². The minimum absolute atomic E-state index is 0. The van der Waals surface area contributed by atoms with Crippen molar-refractivity contribution >= 4 is 34.5 Å². The summed E-state index contributed by atoms with van der Waals surface area (Å²) in [6.07, 6.45) is -21.1. The molecule has 2 rings (SSSR count). The van der Waals surface area contributed by atoms with E-state index in [4.69, 9.17) is 0 Å². The molecule has 0 saturated carbocycles. The van der Waals surface area contributed by atoms with E-state index in [1.807, 2.05) is 86.5 Å². The number of benzene rings is 2. The van der Waals surface area contributed by atoms with Crippen LogP contribution in [0.4, 0.5) is 104 Å². The van der Waals surface area contributed by atoms with Crippen molar-refractivity contribution in [2.75, 3.05) is 38.0 Å². The molecule has 0 spiro atoms. The third-order valence-corrected chi connectivity index (χ3v) is 9.48. The molecule has 0 aromatic heterocycles. The van der Waals surface area contributed by atoms with Crippen LogP contribution in [0.3, 0.4) is 0 Å². The van der Waals surface area contributed by atoms with Crippen molar-refractivity contribution in [2.24, 2.45) is 16.2 Å². The first-order chi connectivity index (χ1) is 33.6. The molecule has 0 atom stereocenters. The average Bonchev–Trinajstić information content (AvgIpc) is 3.24. The van der Waals surface area contributed by atoms with Gasteiger partial charge in [0.05, 0.1) is 0 Å². The molecule has 0 aliphatic carbocycles. The Morgan fingerprint density at radius 3 is 0.654 bits per heavy atom. The van der Waals surface area contributed by atoms with Gasteiger partial charge in [0.15, 0.2) is 23.1 Å². The SMILES string of the molecule is CC(C)(C)C(=O)/C=C(\[O-])C(F)(F)C(F)(F)C(F)(F)F.CC(C)(C)C(=O)/C=C(\[O-])C(F)(F)C(F)(F)C(F)(F)F.CC(C)(C)C(=O)/C=C(\[O-])C(F)(F)C(F)(F)C(F)(F)F.CN(C)c1ccc(C(=O)c2ccc(N(C)C)cc2)cc1.[Eu+3]. The van der Waals surface area contributed by atoms with E-state index in [9.17, 15) is 127 Å². The molecule has 0 N–H and O–H groups in total. The fourth-order valence-corrected chi connectivity index (χ4v) is 4.27. The zero-order valence-electron chi connectivity index (χ0n) is 42.9. The number of allylic oxidation sites excluding steroid dienone is 6. The summed E-state index contributed by atoms with van der Waals surface area (Å²) >= 11 is 0. The van der Waals surface area contributed by atoms with Gasteiger partial charge >= 0.3 is 103 Å². The fraction of sp³-hybridized carbons (Fsp3) is 0.532. The number of alkyl halides is 21. The van der Waals surface area contributed by atoms with Crippen LogP contribution in [0.15, 0.2) is 84.0 Å². The van der Waals surface area contributed by atoms with Crippen molar-refractivity contribution in [1.29, 1.82) is 0 Å². The number of halogens is 21. The van der Waals surface area contributed by atoms with Crippen LogP contribution in [-0.2, 0) is 14.4 Å². The average molecular weight is 1310 g/mol. The van der Waals surface area contributed by atoms with Crippen molar-refractivity contribution in [3.8, 4) is 0 Å². The van der Waals surface area contributed by atoms with Gasteiger partial charge in [0.25, 0.3) is 0 Å². The second-order valence-electron chi connectivity index (χ2n) is 19.5. The van der Waals surface area contributed by atoms with Gasteiger partial charge in [-0.25, -0.2) is 0 Å². The van der Waals surface area contributed by atoms with Gasteiger partial charge in [0, 0.05) is 66.9 Å². The fourth-order valence-electron chi connectivity index (χ4n) is 4.27. The molecule has 0 amide bonds. The molecule has 0 fully saturated rings. The Balaban J connectivity index is -0.000000958. The number of nitrogens with zero attached hydrogens (tertiary/aromatic N) is 2. The third-order valence-electron chi connectivity index (χ3n) is 9.48. The van der Waals surface area contributed by atoms with E-state index in [0.29, 0.717) is 11.1 Å². The number of anilines is 2. The van der Waals surface area contributed by atoms with E-state index in [-0.39, 0.29) is 55.2 Å². The standard InChI is InChI=1S/C17H20N2O.3C10H11F7O2.Eu/c1-18(2)15-9-5-13(6-10-15)17(20)14-7-11-16(12-8-14)19(3)4;3*1-7(2,3)5(18)4-6(19)8(11,12)9(13,14)10(15,16)17;/h5-12H,1-4H3;3*4,19H,1-3H3;/q;;;;+3/p-3/b;3*6-4-;. The Labute approximate surface area is 473 Å². The summed E-state index contributed by atoms with van der Waals surface area (Å²) in [6.45, 7) is 10.6. The Morgan fingerprint density at radius 2 is 0.526 bits per heavy atom. The Hall–Kier alpha value is -4.55. The third kappa shape index (κ3) is 19.9. The summed E-state index contributed by atoms with van der Waals surface area (Å²) < 4.78 is 258. The number of carbonyl (C=O) groups excluding carboxylic acids is 4.